The molecule has 0 radical (unpaired) electrons. The van der Waals surface area contributed by atoms with Gasteiger partial charge in [-0.2, -0.15) is 0 Å². The van der Waals surface area contributed by atoms with Crippen LogP contribution in [0.2, 0.25) is 0 Å². The van der Waals surface area contributed by atoms with Gasteiger partial charge in [0.2, 0.25) is 0 Å². The molecule has 1 N–H and O–H groups in total. The van der Waals surface area contributed by atoms with E-state index < -0.39 is 5.50 Å². The first-order chi connectivity index (χ1) is 5.33. The highest BCUT2D eigenvalue weighted by Crippen LogP contribution is 2.07. The summed E-state index contributed by atoms with van der Waals surface area (Å²) in [5, 5.41) is 2.79. The molecule has 0 aliphatic heterocycles. The number of carbonyl (C=O) groups excluding carboxylic acids is 1. The number of anilines is 1. The van der Waals surface area contributed by atoms with E-state index in [1.54, 1.807) is 0 Å². The molecule has 1 aromatic rings. The molecular weight excluding hydrogens is 162 g/mol. The fourth-order valence-electron chi connectivity index (χ4n) is 0.728. The Morgan fingerprint density at radius 2 is 2.00 bits per heavy atom. The number of aldehydes is 1. The van der Waals surface area contributed by atoms with Crippen molar-refractivity contribution < 1.29 is 4.79 Å². The molecule has 0 spiro atoms. The molecule has 1 atom stereocenters. The van der Waals surface area contributed by atoms with Crippen LogP contribution in [0.3, 0.4) is 0 Å². The third kappa shape index (κ3) is 2.60. The number of hydrogen-bond acceptors (Lipinski definition) is 2. The maximum Gasteiger partial charge on any atom is 0.157 e. The van der Waals surface area contributed by atoms with E-state index >= 15 is 0 Å². The van der Waals surface area contributed by atoms with Crippen LogP contribution < -0.4 is 5.32 Å². The molecule has 0 aromatic heterocycles. The lowest BCUT2D eigenvalue weighted by Crippen LogP contribution is -2.12. The molecule has 0 fully saturated rings. The highest BCUT2D eigenvalue weighted by atomic mass is 35.5. The molecule has 0 amide bonds. The second-order valence-electron chi connectivity index (χ2n) is 2.05. The predicted molar refractivity (Wildman–Crippen MR) is 45.8 cm³/mol. The molecule has 0 aliphatic rings. The number of carbonyl (C=O) groups is 1. The van der Waals surface area contributed by atoms with Crippen LogP contribution in [0.15, 0.2) is 30.3 Å². The Balaban J connectivity index is 2.57. The summed E-state index contributed by atoms with van der Waals surface area (Å²) in [6.45, 7) is 0. The quantitative estimate of drug-likeness (QED) is 0.425. The Hall–Kier alpha value is -1.02. The van der Waals surface area contributed by atoms with E-state index in [-0.39, 0.29) is 0 Å². The molecule has 3 heteroatoms. The SMILES string of the molecule is O=CC(Cl)Nc1ccccc1. The molecular formula is C8H8ClNO. The number of benzene rings is 1. The van der Waals surface area contributed by atoms with Gasteiger partial charge in [0.15, 0.2) is 11.8 Å². The van der Waals surface area contributed by atoms with E-state index in [0.29, 0.717) is 6.29 Å². The first-order valence-corrected chi connectivity index (χ1v) is 3.67. The van der Waals surface area contributed by atoms with Gasteiger partial charge in [-0.05, 0) is 12.1 Å². The highest BCUT2D eigenvalue weighted by Gasteiger charge is 1.98. The topological polar surface area (TPSA) is 29.1 Å². The summed E-state index contributed by atoms with van der Waals surface area (Å²) in [5.41, 5.74) is 0.206. The molecule has 11 heavy (non-hydrogen) atoms. The second-order valence-corrected chi connectivity index (χ2v) is 2.52. The van der Waals surface area contributed by atoms with Crippen molar-refractivity contribution >= 4 is 23.6 Å². The van der Waals surface area contributed by atoms with Crippen LogP contribution in [-0.2, 0) is 4.79 Å². The molecule has 0 saturated carbocycles. The third-order valence-corrected chi connectivity index (χ3v) is 1.41. The van der Waals surface area contributed by atoms with Gasteiger partial charge in [-0.3, -0.25) is 4.79 Å². The Morgan fingerprint density at radius 1 is 1.36 bits per heavy atom. The maximum absolute atomic E-state index is 10.1. The maximum atomic E-state index is 10.1. The normalized spacial score (nSPS) is 12.1. The van der Waals surface area contributed by atoms with Gasteiger partial charge >= 0.3 is 0 Å². The fourth-order valence-corrected chi connectivity index (χ4v) is 0.854. The Kier molecular flexibility index (Phi) is 2.93. The lowest BCUT2D eigenvalue weighted by molar-refractivity contribution is -0.107. The monoisotopic (exact) mass is 169 g/mol. The first kappa shape index (κ1) is 8.08. The number of hydrogen-bond donors (Lipinski definition) is 1. The lowest BCUT2D eigenvalue weighted by Gasteiger charge is -2.05. The van der Waals surface area contributed by atoms with E-state index in [1.165, 1.54) is 0 Å². The van der Waals surface area contributed by atoms with Crippen LogP contribution in [0, 0.1) is 0 Å². The van der Waals surface area contributed by atoms with Gasteiger partial charge in [-0.15, -0.1) is 0 Å². The first-order valence-electron chi connectivity index (χ1n) is 3.24. The molecule has 1 aromatic carbocycles. The summed E-state index contributed by atoms with van der Waals surface area (Å²) < 4.78 is 0. The molecule has 0 heterocycles. The summed E-state index contributed by atoms with van der Waals surface area (Å²) >= 11 is 5.52. The summed E-state index contributed by atoms with van der Waals surface area (Å²) in [7, 11) is 0. The minimum Gasteiger partial charge on any atom is -0.363 e. The van der Waals surface area contributed by atoms with Crippen molar-refractivity contribution in [2.45, 2.75) is 5.50 Å². The second kappa shape index (κ2) is 3.98. The predicted octanol–water partition coefficient (Wildman–Crippen LogP) is 1.86. The minimum absolute atomic E-state index is 0.641. The van der Waals surface area contributed by atoms with E-state index in [2.05, 4.69) is 5.32 Å². The van der Waals surface area contributed by atoms with Crippen LogP contribution in [-0.4, -0.2) is 11.8 Å². The van der Waals surface area contributed by atoms with Gasteiger partial charge in [0.1, 0.15) is 0 Å². The average molecular weight is 170 g/mol. The van der Waals surface area contributed by atoms with Crippen LogP contribution in [0.5, 0.6) is 0 Å². The number of para-hydroxylation sites is 1. The highest BCUT2D eigenvalue weighted by molar-refractivity contribution is 6.28. The Morgan fingerprint density at radius 3 is 2.55 bits per heavy atom. The van der Waals surface area contributed by atoms with Gasteiger partial charge in [0, 0.05) is 5.69 Å². The van der Waals surface area contributed by atoms with Crippen molar-refractivity contribution in [2.24, 2.45) is 0 Å². The van der Waals surface area contributed by atoms with E-state index in [9.17, 15) is 4.79 Å². The van der Waals surface area contributed by atoms with Crippen LogP contribution in [0.4, 0.5) is 5.69 Å². The fraction of sp³-hybridized carbons (Fsp3) is 0.125. The van der Waals surface area contributed by atoms with Gasteiger partial charge < -0.3 is 5.32 Å². The zero-order valence-corrected chi connectivity index (χ0v) is 6.58. The molecule has 1 unspecified atom stereocenters. The third-order valence-electron chi connectivity index (χ3n) is 1.20. The standard InChI is InChI=1S/C8H8ClNO/c9-8(6-11)10-7-4-2-1-3-5-7/h1-6,8,10H. The van der Waals surface area contributed by atoms with Gasteiger partial charge in [0.05, 0.1) is 0 Å². The van der Waals surface area contributed by atoms with E-state index in [4.69, 9.17) is 11.6 Å². The average Bonchev–Trinajstić information content (AvgIpc) is 2.06. The van der Waals surface area contributed by atoms with Crippen LogP contribution in [0.25, 0.3) is 0 Å². The van der Waals surface area contributed by atoms with E-state index in [1.807, 2.05) is 30.3 Å². The molecule has 0 bridgehead atoms. The van der Waals surface area contributed by atoms with Crippen molar-refractivity contribution in [2.75, 3.05) is 5.32 Å². The minimum atomic E-state index is -0.641. The lowest BCUT2D eigenvalue weighted by atomic mass is 10.3. The van der Waals surface area contributed by atoms with Crippen molar-refractivity contribution in [3.63, 3.8) is 0 Å². The summed E-state index contributed by atoms with van der Waals surface area (Å²) in [6, 6.07) is 9.33. The summed E-state index contributed by atoms with van der Waals surface area (Å²) in [5.74, 6) is 0. The summed E-state index contributed by atoms with van der Waals surface area (Å²) in [6.07, 6.45) is 0.647. The molecule has 0 saturated heterocycles. The number of halogens is 1. The largest absolute Gasteiger partial charge is 0.363 e. The molecule has 0 aliphatic carbocycles. The van der Waals surface area contributed by atoms with E-state index in [0.717, 1.165) is 5.69 Å². The molecule has 2 nitrogen and oxygen atoms in total. The zero-order chi connectivity index (χ0) is 8.10. The number of rotatable bonds is 3. The van der Waals surface area contributed by atoms with Crippen molar-refractivity contribution in [3.05, 3.63) is 30.3 Å². The molecule has 58 valence electrons. The van der Waals surface area contributed by atoms with Gasteiger partial charge in [-0.1, -0.05) is 29.8 Å². The Labute approximate surface area is 70.2 Å². The Bertz CT molecular complexity index is 225. The van der Waals surface area contributed by atoms with Crippen molar-refractivity contribution in [1.29, 1.82) is 0 Å². The van der Waals surface area contributed by atoms with Crippen molar-refractivity contribution in [3.8, 4) is 0 Å². The van der Waals surface area contributed by atoms with Crippen molar-refractivity contribution in [1.82, 2.24) is 0 Å². The van der Waals surface area contributed by atoms with Crippen LogP contribution >= 0.6 is 11.6 Å². The summed E-state index contributed by atoms with van der Waals surface area (Å²) in [4.78, 5) is 10.1. The van der Waals surface area contributed by atoms with Crippen LogP contribution in [0.1, 0.15) is 0 Å². The number of nitrogens with one attached hydrogen (secondary N) is 1. The molecule has 1 rings (SSSR count). The zero-order valence-electron chi connectivity index (χ0n) is 5.83. The smallest absolute Gasteiger partial charge is 0.157 e. The van der Waals surface area contributed by atoms with Gasteiger partial charge in [0.25, 0.3) is 0 Å². The number of alkyl halides is 1. The van der Waals surface area contributed by atoms with Gasteiger partial charge in [-0.25, -0.2) is 0 Å².